The molecule has 0 fully saturated rings. The highest BCUT2D eigenvalue weighted by atomic mass is 28.2. The molecule has 2 heteroatoms. The van der Waals surface area contributed by atoms with Gasteiger partial charge < -0.3 is 4.57 Å². The summed E-state index contributed by atoms with van der Waals surface area (Å²) in [7, 11) is -0.0651. The summed E-state index contributed by atoms with van der Waals surface area (Å²) >= 11 is 0. The fourth-order valence-corrected chi connectivity index (χ4v) is 3.10. The Morgan fingerprint density at radius 1 is 1.57 bits per heavy atom. The molecule has 0 atom stereocenters. The Kier molecular flexibility index (Phi) is 0.186. The zero-order chi connectivity index (χ0) is 4.43. The Balaban J connectivity index is 2.69. The largest absolute Gasteiger partial charge is 0.342 e. The topological polar surface area (TPSA) is 3.01 Å². The lowest BCUT2D eigenvalue weighted by Crippen LogP contribution is -1.92. The summed E-state index contributed by atoms with van der Waals surface area (Å²) in [6.07, 6.45) is 0. The normalized spacial score (nSPS) is 16.3. The maximum atomic E-state index is 2.44. The summed E-state index contributed by atoms with van der Waals surface area (Å²) in [6, 6.07) is 4.36. The van der Waals surface area contributed by atoms with Gasteiger partial charge in [-0.2, -0.15) is 0 Å². The van der Waals surface area contributed by atoms with Crippen LogP contribution in [0.3, 0.4) is 0 Å². The third-order valence-corrected chi connectivity index (χ3v) is 3.81. The van der Waals surface area contributed by atoms with E-state index in [-0.39, 0.29) is 8.56 Å². The smallest absolute Gasteiger partial charge is 0.190 e. The van der Waals surface area contributed by atoms with Crippen LogP contribution in [-0.2, 0) is 0 Å². The van der Waals surface area contributed by atoms with Crippen molar-refractivity contribution < 1.29 is 0 Å². The molecule has 0 radical (unpaired) electrons. The molecule has 0 N–H and O–H groups in total. The van der Waals surface area contributed by atoms with Crippen molar-refractivity contribution in [2.24, 2.45) is 0 Å². The molecule has 32 valence electrons. The van der Waals surface area contributed by atoms with Crippen LogP contribution >= 0.6 is 0 Å². The lowest BCUT2D eigenvalue weighted by molar-refractivity contribution is 1.78. The molecule has 0 spiro atoms. The second-order valence-electron chi connectivity index (χ2n) is 1.98. The van der Waals surface area contributed by atoms with E-state index < -0.39 is 0 Å². The highest BCUT2D eigenvalue weighted by Crippen LogP contribution is 2.59. The summed E-state index contributed by atoms with van der Waals surface area (Å²) in [5.74, 6) is 0. The van der Waals surface area contributed by atoms with Gasteiger partial charge in [0.15, 0.2) is 8.56 Å². The van der Waals surface area contributed by atoms with Crippen molar-refractivity contribution in [2.45, 2.75) is 0 Å². The van der Waals surface area contributed by atoms with Gasteiger partial charge >= 0.3 is 0 Å². The van der Waals surface area contributed by atoms with Crippen molar-refractivity contribution in [3.05, 3.63) is 17.8 Å². The molecule has 3 aliphatic heterocycles. The zero-order valence-electron chi connectivity index (χ0n) is 3.68. The molecule has 0 aromatic carbocycles. The second kappa shape index (κ2) is 0.496. The minimum Gasteiger partial charge on any atom is -0.342 e. The van der Waals surface area contributed by atoms with Crippen molar-refractivity contribution in [3.63, 3.8) is 0 Å². The number of rotatable bonds is 0. The Morgan fingerprint density at radius 3 is 2.71 bits per heavy atom. The Morgan fingerprint density at radius 2 is 2.43 bits per heavy atom. The predicted octanol–water partition coefficient (Wildman–Crippen LogP) is 0.940. The average Bonchev–Trinajstić information content (AvgIpc) is 2.53. The summed E-state index contributed by atoms with van der Waals surface area (Å²) in [5.41, 5.74) is 3.85. The van der Waals surface area contributed by atoms with E-state index in [2.05, 4.69) is 22.4 Å². The summed E-state index contributed by atoms with van der Waals surface area (Å²) in [4.78, 5) is 0. The standard InChI is InChI=1S/C5H3NSi/c1-2-4-5-6(4)7(5)3-1/h1-3H. The molecule has 3 aliphatic rings. The highest BCUT2D eigenvalue weighted by Gasteiger charge is 2.49. The fraction of sp³-hybridized carbons (Fsp3) is 0. The van der Waals surface area contributed by atoms with E-state index in [1.807, 2.05) is 0 Å². The van der Waals surface area contributed by atoms with Gasteiger partial charge in [0, 0.05) is 0 Å². The molecule has 7 heavy (non-hydrogen) atoms. The lowest BCUT2D eigenvalue weighted by atomic mass is 10.6. The third-order valence-electron chi connectivity index (χ3n) is 1.60. The molecule has 4 heterocycles. The Bertz CT molecular complexity index is 225. The van der Waals surface area contributed by atoms with Crippen molar-refractivity contribution in [1.29, 1.82) is 0 Å². The van der Waals surface area contributed by atoms with Gasteiger partial charge in [0.05, 0.1) is 11.0 Å². The van der Waals surface area contributed by atoms with Crippen molar-refractivity contribution in [3.8, 4) is 0 Å². The van der Waals surface area contributed by atoms with Gasteiger partial charge in [-0.25, -0.2) is 0 Å². The summed E-state index contributed by atoms with van der Waals surface area (Å²) in [6.45, 7) is 0. The van der Waals surface area contributed by atoms with Crippen molar-refractivity contribution >= 4 is 19.5 Å². The molecule has 0 aliphatic carbocycles. The van der Waals surface area contributed by atoms with Crippen molar-refractivity contribution in [2.75, 3.05) is 4.57 Å². The first-order chi connectivity index (χ1) is 3.48. The summed E-state index contributed by atoms with van der Waals surface area (Å²) in [5, 5.41) is 1.67. The van der Waals surface area contributed by atoms with Crippen LogP contribution in [0.5, 0.6) is 0 Å². The van der Waals surface area contributed by atoms with Crippen LogP contribution in [0.4, 0.5) is 11.0 Å². The molecule has 0 unspecified atom stereocenters. The van der Waals surface area contributed by atoms with Crippen molar-refractivity contribution in [1.82, 2.24) is 0 Å². The van der Waals surface area contributed by atoms with E-state index in [0.717, 1.165) is 0 Å². The molecule has 2 bridgehead atoms. The van der Waals surface area contributed by atoms with E-state index in [4.69, 9.17) is 0 Å². The Hall–Kier alpha value is -0.633. The molecule has 0 saturated heterocycles. The predicted molar refractivity (Wildman–Crippen MR) is 29.9 cm³/mol. The molecule has 1 nitrogen and oxygen atoms in total. The quantitative estimate of drug-likeness (QED) is 0.304. The average molecular weight is 105 g/mol. The maximum Gasteiger partial charge on any atom is 0.190 e. The van der Waals surface area contributed by atoms with Gasteiger partial charge in [-0.3, -0.25) is 0 Å². The fourth-order valence-electron chi connectivity index (χ4n) is 1.10. The first-order valence-electron chi connectivity index (χ1n) is 2.41. The monoisotopic (exact) mass is 105 g/mol. The van der Waals surface area contributed by atoms with Gasteiger partial charge in [-0.15, -0.1) is 0 Å². The molecule has 1 aromatic heterocycles. The molecule has 4 rings (SSSR count). The van der Waals surface area contributed by atoms with Crippen LogP contribution in [0.25, 0.3) is 0 Å². The minimum absolute atomic E-state index is 0.0651. The van der Waals surface area contributed by atoms with Gasteiger partial charge in [0.2, 0.25) is 0 Å². The number of fused-ring (bicyclic) bond motifs is 2. The van der Waals surface area contributed by atoms with Crippen LogP contribution in [0, 0.1) is 0 Å². The molecule has 0 amide bonds. The molecule has 1 aromatic rings. The van der Waals surface area contributed by atoms with Crippen LogP contribution in [0.2, 0.25) is 0 Å². The number of anilines is 2. The van der Waals surface area contributed by atoms with E-state index in [9.17, 15) is 0 Å². The second-order valence-corrected chi connectivity index (χ2v) is 4.00. The van der Waals surface area contributed by atoms with E-state index in [0.29, 0.717) is 0 Å². The number of nitrogens with zero attached hydrogens (tertiary/aromatic N) is 1. The van der Waals surface area contributed by atoms with Gasteiger partial charge in [-0.05, 0) is 6.07 Å². The maximum absolute atomic E-state index is 2.44. The van der Waals surface area contributed by atoms with E-state index in [1.165, 1.54) is 5.69 Å². The third kappa shape index (κ3) is 0.133. The highest BCUT2D eigenvalue weighted by molar-refractivity contribution is 6.89. The summed E-state index contributed by atoms with van der Waals surface area (Å²) < 4.78 is 2.44. The SMILES string of the molecule is c1cc2c3[si](c1)N23. The van der Waals surface area contributed by atoms with Crippen LogP contribution in [-0.4, -0.2) is 8.56 Å². The van der Waals surface area contributed by atoms with Crippen LogP contribution < -0.4 is 4.57 Å². The van der Waals surface area contributed by atoms with Gasteiger partial charge in [0.1, 0.15) is 0 Å². The lowest BCUT2D eigenvalue weighted by Gasteiger charge is -1.86. The molecular formula is C5H3NSi. The first-order valence-corrected chi connectivity index (χ1v) is 3.94. The van der Waals surface area contributed by atoms with Crippen LogP contribution in [0.1, 0.15) is 0 Å². The first kappa shape index (κ1) is 2.62. The van der Waals surface area contributed by atoms with Crippen LogP contribution in [0.15, 0.2) is 17.8 Å². The zero-order valence-corrected chi connectivity index (χ0v) is 4.68. The van der Waals surface area contributed by atoms with E-state index in [1.54, 1.807) is 5.30 Å². The Labute approximate surface area is 42.8 Å². The molecule has 0 saturated carbocycles. The number of hydrogen-bond acceptors (Lipinski definition) is 1. The van der Waals surface area contributed by atoms with Gasteiger partial charge in [-0.1, -0.05) is 11.7 Å². The number of hydrogen-bond donors (Lipinski definition) is 0. The minimum atomic E-state index is -0.0651. The van der Waals surface area contributed by atoms with E-state index >= 15 is 0 Å². The molecular weight excluding hydrogens is 102 g/mol. The van der Waals surface area contributed by atoms with Gasteiger partial charge in [0.25, 0.3) is 0 Å².